The summed E-state index contributed by atoms with van der Waals surface area (Å²) in [5.41, 5.74) is 0.869. The Morgan fingerprint density at radius 2 is 2.05 bits per heavy atom. The highest BCUT2D eigenvalue weighted by atomic mass is 32.2. The van der Waals surface area contributed by atoms with Gasteiger partial charge in [0.15, 0.2) is 5.82 Å². The third-order valence-electron chi connectivity index (χ3n) is 3.10. The van der Waals surface area contributed by atoms with Crippen molar-refractivity contribution in [2.24, 2.45) is 0 Å². The summed E-state index contributed by atoms with van der Waals surface area (Å²) in [7, 11) is -1.06. The van der Waals surface area contributed by atoms with Gasteiger partial charge in [0.25, 0.3) is 5.89 Å². The van der Waals surface area contributed by atoms with Gasteiger partial charge in [0, 0.05) is 21.2 Å². The molecule has 0 bridgehead atoms. The Morgan fingerprint density at radius 1 is 1.24 bits per heavy atom. The van der Waals surface area contributed by atoms with Gasteiger partial charge < -0.3 is 4.52 Å². The molecule has 2 heterocycles. The summed E-state index contributed by atoms with van der Waals surface area (Å²) in [4.78, 5) is 5.43. The van der Waals surface area contributed by atoms with Crippen LogP contribution in [0.2, 0.25) is 0 Å². The zero-order valence-corrected chi connectivity index (χ0v) is 13.1. The number of hydrogen-bond acceptors (Lipinski definition) is 5. The van der Waals surface area contributed by atoms with E-state index in [-0.39, 0.29) is 5.25 Å². The average molecular weight is 318 g/mol. The second-order valence-electron chi connectivity index (χ2n) is 4.56. The number of hydrogen-bond donors (Lipinski definition) is 0. The monoisotopic (exact) mass is 318 g/mol. The van der Waals surface area contributed by atoms with E-state index < -0.39 is 10.8 Å². The normalized spacial score (nSPS) is 14.0. The van der Waals surface area contributed by atoms with Crippen LogP contribution in [0, 0.1) is 0 Å². The molecule has 0 aliphatic carbocycles. The van der Waals surface area contributed by atoms with Gasteiger partial charge in [0.1, 0.15) is 0 Å². The highest BCUT2D eigenvalue weighted by Crippen LogP contribution is 2.26. The van der Waals surface area contributed by atoms with E-state index in [1.54, 1.807) is 11.3 Å². The van der Waals surface area contributed by atoms with Gasteiger partial charge in [-0.25, -0.2) is 0 Å². The van der Waals surface area contributed by atoms with Crippen molar-refractivity contribution >= 4 is 22.1 Å². The molecule has 3 aromatic rings. The third kappa shape index (κ3) is 3.28. The van der Waals surface area contributed by atoms with Gasteiger partial charge in [-0.1, -0.05) is 29.4 Å². The Kier molecular flexibility index (Phi) is 4.26. The van der Waals surface area contributed by atoms with Gasteiger partial charge in [-0.3, -0.25) is 4.21 Å². The molecule has 4 nitrogen and oxygen atoms in total. The Bertz CT molecular complexity index is 723. The second-order valence-corrected chi connectivity index (χ2v) is 7.30. The minimum atomic E-state index is -1.06. The zero-order valence-electron chi connectivity index (χ0n) is 11.4. The molecule has 0 radical (unpaired) electrons. The Labute approximate surface area is 129 Å². The molecule has 0 N–H and O–H groups in total. The Hall–Kier alpha value is -1.79. The van der Waals surface area contributed by atoms with E-state index in [9.17, 15) is 4.21 Å². The van der Waals surface area contributed by atoms with Crippen LogP contribution in [0.3, 0.4) is 0 Å². The first-order valence-corrected chi connectivity index (χ1v) is 8.79. The largest absolute Gasteiger partial charge is 0.334 e. The summed E-state index contributed by atoms with van der Waals surface area (Å²) in [6.07, 6.45) is 0. The molecule has 0 saturated heterocycles. The summed E-state index contributed by atoms with van der Waals surface area (Å²) in [5.74, 6) is 1.25. The van der Waals surface area contributed by atoms with Crippen LogP contribution in [0.1, 0.15) is 22.9 Å². The van der Waals surface area contributed by atoms with Crippen LogP contribution in [0.15, 0.2) is 52.4 Å². The smallest absolute Gasteiger partial charge is 0.257 e. The Morgan fingerprint density at radius 3 is 2.76 bits per heavy atom. The van der Waals surface area contributed by atoms with E-state index in [0.29, 0.717) is 17.5 Å². The highest BCUT2D eigenvalue weighted by molar-refractivity contribution is 7.84. The number of rotatable bonds is 5. The maximum atomic E-state index is 12.4. The van der Waals surface area contributed by atoms with E-state index >= 15 is 0 Å². The molecule has 2 aromatic heterocycles. The van der Waals surface area contributed by atoms with Crippen LogP contribution in [-0.4, -0.2) is 14.3 Å². The van der Waals surface area contributed by atoms with E-state index in [4.69, 9.17) is 4.52 Å². The molecular formula is C15H14N2O2S2. The van der Waals surface area contributed by atoms with Gasteiger partial charge in [-0.05, 0) is 30.5 Å². The first kappa shape index (κ1) is 14.2. The predicted molar refractivity (Wildman–Crippen MR) is 84.3 cm³/mol. The fourth-order valence-corrected chi connectivity index (χ4v) is 4.03. The SMILES string of the molecule is C[C@@H](c1cccs1)[S@@](=O)Cc1noc(-c2ccccc2)n1. The fourth-order valence-electron chi connectivity index (χ4n) is 1.91. The average Bonchev–Trinajstić information content (AvgIpc) is 3.19. The van der Waals surface area contributed by atoms with Crippen molar-refractivity contribution in [1.29, 1.82) is 0 Å². The second kappa shape index (κ2) is 6.32. The van der Waals surface area contributed by atoms with Crippen molar-refractivity contribution in [1.82, 2.24) is 10.1 Å². The van der Waals surface area contributed by atoms with Crippen LogP contribution in [0.4, 0.5) is 0 Å². The topological polar surface area (TPSA) is 56.0 Å². The van der Waals surface area contributed by atoms with Crippen molar-refractivity contribution in [2.45, 2.75) is 17.9 Å². The van der Waals surface area contributed by atoms with Crippen molar-refractivity contribution in [3.63, 3.8) is 0 Å². The molecule has 1 aromatic carbocycles. The molecular weight excluding hydrogens is 304 g/mol. The van der Waals surface area contributed by atoms with Crippen LogP contribution < -0.4 is 0 Å². The van der Waals surface area contributed by atoms with Gasteiger partial charge in [-0.2, -0.15) is 4.98 Å². The lowest BCUT2D eigenvalue weighted by atomic mass is 10.2. The van der Waals surface area contributed by atoms with Crippen molar-refractivity contribution in [2.75, 3.05) is 0 Å². The van der Waals surface area contributed by atoms with Crippen molar-refractivity contribution < 1.29 is 8.73 Å². The lowest BCUT2D eigenvalue weighted by Gasteiger charge is -2.06. The minimum absolute atomic E-state index is 0.0244. The minimum Gasteiger partial charge on any atom is -0.334 e. The molecule has 0 amide bonds. The van der Waals surface area contributed by atoms with Crippen molar-refractivity contribution in [3.8, 4) is 11.5 Å². The molecule has 0 unspecified atom stereocenters. The maximum absolute atomic E-state index is 12.4. The van der Waals surface area contributed by atoms with Crippen LogP contribution >= 0.6 is 11.3 Å². The van der Waals surface area contributed by atoms with Crippen LogP contribution in [0.5, 0.6) is 0 Å². The van der Waals surface area contributed by atoms with Gasteiger partial charge in [0.05, 0.1) is 11.0 Å². The van der Waals surface area contributed by atoms with Gasteiger partial charge in [-0.15, -0.1) is 11.3 Å². The lowest BCUT2D eigenvalue weighted by molar-refractivity contribution is 0.425. The number of nitrogens with zero attached hydrogens (tertiary/aromatic N) is 2. The highest BCUT2D eigenvalue weighted by Gasteiger charge is 2.18. The van der Waals surface area contributed by atoms with E-state index in [1.807, 2.05) is 54.8 Å². The number of benzene rings is 1. The molecule has 0 aliphatic rings. The summed E-state index contributed by atoms with van der Waals surface area (Å²) < 4.78 is 17.6. The lowest BCUT2D eigenvalue weighted by Crippen LogP contribution is -2.05. The molecule has 0 fully saturated rings. The first-order chi connectivity index (χ1) is 10.2. The fraction of sp³-hybridized carbons (Fsp3) is 0.200. The van der Waals surface area contributed by atoms with Crippen molar-refractivity contribution in [3.05, 3.63) is 58.5 Å². The molecule has 0 aliphatic heterocycles. The zero-order chi connectivity index (χ0) is 14.7. The molecule has 3 rings (SSSR count). The standard InChI is InChI=1S/C15H14N2O2S2/c1-11(13-8-5-9-20-13)21(18)10-14-16-15(19-17-14)12-6-3-2-4-7-12/h2-9,11H,10H2,1H3/t11-,21-/m0/s1. The number of thiophene rings is 1. The molecule has 21 heavy (non-hydrogen) atoms. The summed E-state index contributed by atoms with van der Waals surface area (Å²) in [5, 5.41) is 5.89. The number of aromatic nitrogens is 2. The third-order valence-corrected chi connectivity index (χ3v) is 5.89. The first-order valence-electron chi connectivity index (χ1n) is 6.52. The van der Waals surface area contributed by atoms with Gasteiger partial charge >= 0.3 is 0 Å². The predicted octanol–water partition coefficient (Wildman–Crippen LogP) is 3.81. The molecule has 0 saturated carbocycles. The van der Waals surface area contributed by atoms with E-state index in [0.717, 1.165) is 10.4 Å². The van der Waals surface area contributed by atoms with E-state index in [1.165, 1.54) is 0 Å². The summed E-state index contributed by atoms with van der Waals surface area (Å²) in [6.45, 7) is 1.96. The molecule has 2 atom stereocenters. The maximum Gasteiger partial charge on any atom is 0.257 e. The molecule has 6 heteroatoms. The molecule has 0 spiro atoms. The summed E-state index contributed by atoms with van der Waals surface area (Å²) in [6, 6.07) is 13.5. The van der Waals surface area contributed by atoms with Crippen LogP contribution in [0.25, 0.3) is 11.5 Å². The van der Waals surface area contributed by atoms with Gasteiger partial charge in [0.2, 0.25) is 0 Å². The Balaban J connectivity index is 1.71. The molecule has 108 valence electrons. The van der Waals surface area contributed by atoms with E-state index in [2.05, 4.69) is 10.1 Å². The summed E-state index contributed by atoms with van der Waals surface area (Å²) >= 11 is 1.61. The van der Waals surface area contributed by atoms with Crippen LogP contribution in [-0.2, 0) is 16.6 Å². The quantitative estimate of drug-likeness (QED) is 0.718.